The van der Waals surface area contributed by atoms with Crippen molar-refractivity contribution in [3.63, 3.8) is 0 Å². The molecule has 7 heteroatoms. The van der Waals surface area contributed by atoms with E-state index in [2.05, 4.69) is 16.6 Å². The predicted molar refractivity (Wildman–Crippen MR) is 39.0 cm³/mol. The Morgan fingerprint density at radius 3 is 2.67 bits per heavy atom. The van der Waals surface area contributed by atoms with E-state index in [1.165, 1.54) is 0 Å². The Morgan fingerprint density at radius 1 is 1.67 bits per heavy atom. The molecular weight excluding hydrogens is 192 g/mol. The maximum Gasteiger partial charge on any atom is 0.355 e. The average Bonchev–Trinajstić information content (AvgIpc) is 1.83. The number of halogens is 3. The van der Waals surface area contributed by atoms with Crippen LogP contribution in [0.4, 0.5) is 14.7 Å². The summed E-state index contributed by atoms with van der Waals surface area (Å²) in [6, 6.07) is 0. The molecule has 0 aliphatic heterocycles. The van der Waals surface area contributed by atoms with Crippen LogP contribution in [0.1, 0.15) is 5.56 Å². The summed E-state index contributed by atoms with van der Waals surface area (Å²) in [5.41, 5.74) is 3.06. The first-order chi connectivity index (χ1) is 5.41. The van der Waals surface area contributed by atoms with Crippen molar-refractivity contribution in [1.82, 2.24) is 9.97 Å². The van der Waals surface area contributed by atoms with Gasteiger partial charge in [0.2, 0.25) is 0 Å². The molecule has 0 saturated carbocycles. The SMILES string of the molecule is Nc1ncc(C(F)(F)Cl)c(=O)[nH]1. The first-order valence-corrected chi connectivity index (χ1v) is 3.21. The fraction of sp³-hybridized carbons (Fsp3) is 0.200. The molecular formula is C5H4ClF2N3O. The zero-order chi connectivity index (χ0) is 9.35. The quantitative estimate of drug-likeness (QED) is 0.646. The number of aromatic amines is 1. The Hall–Kier alpha value is -1.17. The minimum absolute atomic E-state index is 0.232. The van der Waals surface area contributed by atoms with Crippen LogP contribution in [0.2, 0.25) is 0 Å². The van der Waals surface area contributed by atoms with Crippen LogP contribution in [0.3, 0.4) is 0 Å². The number of rotatable bonds is 1. The molecule has 0 unspecified atom stereocenters. The van der Waals surface area contributed by atoms with Gasteiger partial charge in [-0.3, -0.25) is 9.78 Å². The molecule has 0 amide bonds. The molecule has 1 aromatic rings. The van der Waals surface area contributed by atoms with Gasteiger partial charge in [0.25, 0.3) is 5.56 Å². The molecule has 0 fully saturated rings. The number of aromatic nitrogens is 2. The summed E-state index contributed by atoms with van der Waals surface area (Å²) in [6.45, 7) is 0. The third kappa shape index (κ3) is 1.70. The molecule has 3 N–H and O–H groups in total. The zero-order valence-electron chi connectivity index (χ0n) is 5.64. The number of anilines is 1. The summed E-state index contributed by atoms with van der Waals surface area (Å²) in [6.07, 6.45) is 0.640. The third-order valence-electron chi connectivity index (χ3n) is 1.12. The van der Waals surface area contributed by atoms with E-state index in [4.69, 9.17) is 5.73 Å². The topological polar surface area (TPSA) is 71.8 Å². The van der Waals surface area contributed by atoms with Crippen LogP contribution >= 0.6 is 11.6 Å². The molecule has 0 aliphatic rings. The summed E-state index contributed by atoms with van der Waals surface area (Å²) < 4.78 is 24.6. The van der Waals surface area contributed by atoms with Crippen LogP contribution in [0.25, 0.3) is 0 Å². The van der Waals surface area contributed by atoms with E-state index in [1.54, 1.807) is 0 Å². The van der Waals surface area contributed by atoms with Crippen molar-refractivity contribution in [2.45, 2.75) is 5.38 Å². The Bertz CT molecular complexity index is 345. The van der Waals surface area contributed by atoms with Gasteiger partial charge in [0.1, 0.15) is 5.56 Å². The highest BCUT2D eigenvalue weighted by molar-refractivity contribution is 6.21. The molecule has 1 aromatic heterocycles. The van der Waals surface area contributed by atoms with Gasteiger partial charge in [0.15, 0.2) is 5.95 Å². The van der Waals surface area contributed by atoms with E-state index in [0.29, 0.717) is 6.20 Å². The standard InChI is InChI=1S/C5H4ClF2N3O/c6-5(7,8)2-1-10-4(9)11-3(2)12/h1H,(H3,9,10,11,12). The van der Waals surface area contributed by atoms with E-state index in [-0.39, 0.29) is 5.95 Å². The normalized spacial score (nSPS) is 11.6. The van der Waals surface area contributed by atoms with Crippen LogP contribution in [0.5, 0.6) is 0 Å². The Kier molecular flexibility index (Phi) is 2.01. The van der Waals surface area contributed by atoms with Crippen LogP contribution in [-0.4, -0.2) is 9.97 Å². The van der Waals surface area contributed by atoms with Gasteiger partial charge in [-0.25, -0.2) is 4.98 Å². The number of nitrogens with zero attached hydrogens (tertiary/aromatic N) is 1. The van der Waals surface area contributed by atoms with E-state index >= 15 is 0 Å². The van der Waals surface area contributed by atoms with E-state index < -0.39 is 16.5 Å². The molecule has 12 heavy (non-hydrogen) atoms. The van der Waals surface area contributed by atoms with Crippen LogP contribution < -0.4 is 11.3 Å². The van der Waals surface area contributed by atoms with Crippen molar-refractivity contribution in [3.05, 3.63) is 22.1 Å². The summed E-state index contributed by atoms with van der Waals surface area (Å²) in [7, 11) is 0. The number of H-pyrrole nitrogens is 1. The van der Waals surface area contributed by atoms with Gasteiger partial charge in [0.05, 0.1) is 0 Å². The van der Waals surface area contributed by atoms with Gasteiger partial charge in [-0.2, -0.15) is 8.78 Å². The molecule has 0 atom stereocenters. The zero-order valence-corrected chi connectivity index (χ0v) is 6.40. The number of hydrogen-bond donors (Lipinski definition) is 2. The lowest BCUT2D eigenvalue weighted by Gasteiger charge is -2.05. The van der Waals surface area contributed by atoms with Crippen molar-refractivity contribution >= 4 is 17.5 Å². The first-order valence-electron chi connectivity index (χ1n) is 2.83. The van der Waals surface area contributed by atoms with Gasteiger partial charge < -0.3 is 5.73 Å². The van der Waals surface area contributed by atoms with E-state index in [0.717, 1.165) is 0 Å². The molecule has 1 rings (SSSR count). The average molecular weight is 196 g/mol. The molecule has 1 heterocycles. The predicted octanol–water partition coefficient (Wildman–Crippen LogP) is 0.640. The second-order valence-corrected chi connectivity index (χ2v) is 2.48. The second-order valence-electron chi connectivity index (χ2n) is 2.01. The fourth-order valence-electron chi connectivity index (χ4n) is 0.611. The summed E-state index contributed by atoms with van der Waals surface area (Å²) in [5.74, 6) is -0.232. The summed E-state index contributed by atoms with van der Waals surface area (Å²) in [4.78, 5) is 15.9. The molecule has 0 aliphatic carbocycles. The van der Waals surface area contributed by atoms with Crippen LogP contribution in [0, 0.1) is 0 Å². The smallest absolute Gasteiger partial charge is 0.355 e. The lowest BCUT2D eigenvalue weighted by atomic mass is 10.3. The number of nitrogen functional groups attached to an aromatic ring is 1. The Labute approximate surface area is 70.4 Å². The summed E-state index contributed by atoms with van der Waals surface area (Å²) in [5, 5.41) is -3.71. The van der Waals surface area contributed by atoms with Crippen molar-refractivity contribution in [1.29, 1.82) is 0 Å². The molecule has 0 saturated heterocycles. The Morgan fingerprint density at radius 2 is 2.25 bits per heavy atom. The van der Waals surface area contributed by atoms with Crippen molar-refractivity contribution < 1.29 is 8.78 Å². The number of nitrogens with two attached hydrogens (primary N) is 1. The van der Waals surface area contributed by atoms with E-state index in [1.807, 2.05) is 4.98 Å². The lowest BCUT2D eigenvalue weighted by molar-refractivity contribution is 0.0930. The maximum atomic E-state index is 12.3. The monoisotopic (exact) mass is 195 g/mol. The largest absolute Gasteiger partial charge is 0.369 e. The minimum atomic E-state index is -3.71. The van der Waals surface area contributed by atoms with Crippen LogP contribution in [-0.2, 0) is 5.38 Å². The van der Waals surface area contributed by atoms with Gasteiger partial charge in [0, 0.05) is 6.20 Å². The lowest BCUT2D eigenvalue weighted by Crippen LogP contribution is -2.22. The first kappa shape index (κ1) is 8.92. The molecule has 66 valence electrons. The van der Waals surface area contributed by atoms with Gasteiger partial charge in [-0.05, 0) is 11.6 Å². The van der Waals surface area contributed by atoms with Crippen LogP contribution in [0.15, 0.2) is 11.0 Å². The van der Waals surface area contributed by atoms with Gasteiger partial charge >= 0.3 is 5.38 Å². The molecule has 0 spiro atoms. The number of nitrogens with one attached hydrogen (secondary N) is 1. The minimum Gasteiger partial charge on any atom is -0.369 e. The number of hydrogen-bond acceptors (Lipinski definition) is 3. The maximum absolute atomic E-state index is 12.3. The van der Waals surface area contributed by atoms with Gasteiger partial charge in [-0.15, -0.1) is 0 Å². The molecule has 0 bridgehead atoms. The molecule has 0 radical (unpaired) electrons. The number of alkyl halides is 3. The Balaban J connectivity index is 3.29. The second kappa shape index (κ2) is 2.71. The summed E-state index contributed by atoms with van der Waals surface area (Å²) >= 11 is 4.58. The van der Waals surface area contributed by atoms with E-state index in [9.17, 15) is 13.6 Å². The third-order valence-corrected chi connectivity index (χ3v) is 1.33. The van der Waals surface area contributed by atoms with Crippen molar-refractivity contribution in [3.8, 4) is 0 Å². The van der Waals surface area contributed by atoms with Crippen molar-refractivity contribution in [2.75, 3.05) is 5.73 Å². The highest BCUT2D eigenvalue weighted by Gasteiger charge is 2.31. The highest BCUT2D eigenvalue weighted by Crippen LogP contribution is 2.28. The molecule has 0 aromatic carbocycles. The molecule has 4 nitrogen and oxygen atoms in total. The van der Waals surface area contributed by atoms with Gasteiger partial charge in [-0.1, -0.05) is 0 Å². The van der Waals surface area contributed by atoms with Crippen molar-refractivity contribution in [2.24, 2.45) is 0 Å². The fourth-order valence-corrected chi connectivity index (χ4v) is 0.745. The highest BCUT2D eigenvalue weighted by atomic mass is 35.5.